The summed E-state index contributed by atoms with van der Waals surface area (Å²) in [4.78, 5) is 0. The molecule has 3 heteroatoms. The van der Waals surface area contributed by atoms with Crippen LogP contribution in [-0.2, 0) is 14.8 Å². The number of hydrogen-bond donors (Lipinski definition) is 0. The van der Waals surface area contributed by atoms with Crippen molar-refractivity contribution in [2.45, 2.75) is 45.2 Å². The summed E-state index contributed by atoms with van der Waals surface area (Å²) in [6.07, 6.45) is -0.266. The molecule has 3 aromatic rings. The Kier molecular flexibility index (Phi) is 7.30. The van der Waals surface area contributed by atoms with Crippen molar-refractivity contribution >= 4 is 8.32 Å². The molecule has 0 saturated carbocycles. The molecule has 1 unspecified atom stereocenters. The molecule has 0 fully saturated rings. The lowest BCUT2D eigenvalue weighted by molar-refractivity contribution is -0.0891. The maximum atomic E-state index is 7.16. The van der Waals surface area contributed by atoms with Crippen molar-refractivity contribution in [3.8, 4) is 0 Å². The molecule has 0 heterocycles. The molecule has 3 aromatic carbocycles. The van der Waals surface area contributed by atoms with Crippen LogP contribution < -0.4 is 0 Å². The monoisotopic (exact) mass is 418 g/mol. The van der Waals surface area contributed by atoms with Gasteiger partial charge in [-0.2, -0.15) is 0 Å². The second-order valence-electron chi connectivity index (χ2n) is 9.20. The van der Waals surface area contributed by atoms with Crippen molar-refractivity contribution in [3.05, 3.63) is 108 Å². The molecular formula is C27H34O2Si. The fourth-order valence-electron chi connectivity index (χ4n) is 3.86. The van der Waals surface area contributed by atoms with Crippen LogP contribution in [0.15, 0.2) is 91.0 Å². The summed E-state index contributed by atoms with van der Waals surface area (Å²) < 4.78 is 13.9. The molecule has 0 bridgehead atoms. The molecule has 0 aromatic heterocycles. The first kappa shape index (κ1) is 22.5. The Labute approximate surface area is 183 Å². The van der Waals surface area contributed by atoms with Crippen LogP contribution in [0.4, 0.5) is 0 Å². The highest BCUT2D eigenvalue weighted by molar-refractivity contribution is 6.69. The zero-order valence-corrected chi connectivity index (χ0v) is 19.8. The molecule has 0 amide bonds. The van der Waals surface area contributed by atoms with E-state index in [2.05, 4.69) is 124 Å². The van der Waals surface area contributed by atoms with Gasteiger partial charge in [0.25, 0.3) is 0 Å². The van der Waals surface area contributed by atoms with E-state index in [9.17, 15) is 0 Å². The highest BCUT2D eigenvalue weighted by atomic mass is 28.4. The molecule has 30 heavy (non-hydrogen) atoms. The largest absolute Gasteiger partial charge is 0.401 e. The van der Waals surface area contributed by atoms with Gasteiger partial charge in [-0.25, -0.2) is 0 Å². The Hall–Kier alpha value is -2.20. The van der Waals surface area contributed by atoms with Gasteiger partial charge in [0.1, 0.15) is 11.7 Å². The summed E-state index contributed by atoms with van der Waals surface area (Å²) >= 11 is 0. The van der Waals surface area contributed by atoms with Crippen molar-refractivity contribution in [1.29, 1.82) is 0 Å². The summed E-state index contributed by atoms with van der Waals surface area (Å²) in [5.74, 6) is 0.423. The van der Waals surface area contributed by atoms with Crippen molar-refractivity contribution in [2.24, 2.45) is 5.92 Å². The van der Waals surface area contributed by atoms with Crippen LogP contribution >= 0.6 is 0 Å². The molecule has 2 nitrogen and oxygen atoms in total. The summed E-state index contributed by atoms with van der Waals surface area (Å²) in [6, 6.07) is 31.7. The van der Waals surface area contributed by atoms with Crippen molar-refractivity contribution in [1.82, 2.24) is 0 Å². The lowest BCUT2D eigenvalue weighted by Gasteiger charge is -2.45. The lowest BCUT2D eigenvalue weighted by Crippen LogP contribution is -2.47. The molecule has 0 saturated heterocycles. The van der Waals surface area contributed by atoms with Gasteiger partial charge in [-0.1, -0.05) is 105 Å². The number of rotatable bonds is 9. The van der Waals surface area contributed by atoms with E-state index < -0.39 is 13.9 Å². The third-order valence-corrected chi connectivity index (χ3v) is 5.87. The van der Waals surface area contributed by atoms with Gasteiger partial charge in [0.2, 0.25) is 0 Å². The Bertz CT molecular complexity index is 847. The maximum absolute atomic E-state index is 7.16. The molecule has 3 rings (SSSR count). The van der Waals surface area contributed by atoms with Crippen molar-refractivity contribution in [2.75, 3.05) is 6.61 Å². The first-order valence-electron chi connectivity index (χ1n) is 10.8. The minimum Gasteiger partial charge on any atom is -0.401 e. The second kappa shape index (κ2) is 9.74. The summed E-state index contributed by atoms with van der Waals surface area (Å²) in [5, 5.41) is 0. The van der Waals surface area contributed by atoms with E-state index in [-0.39, 0.29) is 6.10 Å². The van der Waals surface area contributed by atoms with E-state index in [1.807, 2.05) is 0 Å². The van der Waals surface area contributed by atoms with Crippen LogP contribution in [0.5, 0.6) is 0 Å². The predicted molar refractivity (Wildman–Crippen MR) is 128 cm³/mol. The standard InChI is InChI=1S/C27H34O2Si/c1-22(2)21-28-26(23-15-9-6-10-16-23)27(29-30(3,4)5,24-17-11-7-12-18-24)25-19-13-8-14-20-25/h6-20,22,26H,21H2,1-5H3. The zero-order chi connectivity index (χ0) is 21.6. The molecule has 1 atom stereocenters. The molecular weight excluding hydrogens is 384 g/mol. The topological polar surface area (TPSA) is 18.5 Å². The first-order valence-corrected chi connectivity index (χ1v) is 14.2. The molecule has 0 spiro atoms. The zero-order valence-electron chi connectivity index (χ0n) is 18.8. The highest BCUT2D eigenvalue weighted by Gasteiger charge is 2.47. The van der Waals surface area contributed by atoms with Gasteiger partial charge in [0, 0.05) is 6.61 Å². The van der Waals surface area contributed by atoms with Gasteiger partial charge in [0.15, 0.2) is 8.32 Å². The fourth-order valence-corrected chi connectivity index (χ4v) is 5.17. The van der Waals surface area contributed by atoms with Gasteiger partial charge in [-0.3, -0.25) is 0 Å². The van der Waals surface area contributed by atoms with E-state index in [0.717, 1.165) is 16.7 Å². The Morgan fingerprint density at radius 3 is 1.53 bits per heavy atom. The van der Waals surface area contributed by atoms with E-state index in [0.29, 0.717) is 12.5 Å². The van der Waals surface area contributed by atoms with Crippen LogP contribution in [0.3, 0.4) is 0 Å². The molecule has 0 radical (unpaired) electrons. The third-order valence-electron chi connectivity index (χ3n) is 4.94. The Balaban J connectivity index is 2.31. The second-order valence-corrected chi connectivity index (χ2v) is 13.6. The van der Waals surface area contributed by atoms with Gasteiger partial charge in [0.05, 0.1) is 0 Å². The van der Waals surface area contributed by atoms with E-state index in [1.165, 1.54) is 0 Å². The summed E-state index contributed by atoms with van der Waals surface area (Å²) in [7, 11) is -1.99. The van der Waals surface area contributed by atoms with E-state index >= 15 is 0 Å². The highest BCUT2D eigenvalue weighted by Crippen LogP contribution is 2.48. The van der Waals surface area contributed by atoms with Crippen LogP contribution in [0, 0.1) is 5.92 Å². The average molecular weight is 419 g/mol. The van der Waals surface area contributed by atoms with Crippen LogP contribution in [0.25, 0.3) is 0 Å². The molecule has 0 aliphatic carbocycles. The molecule has 0 aliphatic rings. The van der Waals surface area contributed by atoms with E-state index in [1.54, 1.807) is 0 Å². The van der Waals surface area contributed by atoms with Crippen LogP contribution in [0.1, 0.15) is 36.6 Å². The number of benzene rings is 3. The molecule has 0 N–H and O–H groups in total. The van der Waals surface area contributed by atoms with Gasteiger partial charge in [-0.15, -0.1) is 0 Å². The quantitative estimate of drug-likeness (QED) is 0.342. The van der Waals surface area contributed by atoms with Gasteiger partial charge >= 0.3 is 0 Å². The van der Waals surface area contributed by atoms with Crippen LogP contribution in [-0.4, -0.2) is 14.9 Å². The fraction of sp³-hybridized carbons (Fsp3) is 0.333. The molecule has 158 valence electrons. The lowest BCUT2D eigenvalue weighted by atomic mass is 9.79. The minimum atomic E-state index is -1.99. The smallest absolute Gasteiger partial charge is 0.185 e. The third kappa shape index (κ3) is 5.28. The van der Waals surface area contributed by atoms with E-state index in [4.69, 9.17) is 9.16 Å². The summed E-state index contributed by atoms with van der Waals surface area (Å²) in [6.45, 7) is 11.8. The summed E-state index contributed by atoms with van der Waals surface area (Å²) in [5.41, 5.74) is 2.64. The number of hydrogen-bond acceptors (Lipinski definition) is 2. The van der Waals surface area contributed by atoms with Crippen LogP contribution in [0.2, 0.25) is 19.6 Å². The Morgan fingerprint density at radius 1 is 0.700 bits per heavy atom. The van der Waals surface area contributed by atoms with Gasteiger partial charge < -0.3 is 9.16 Å². The average Bonchev–Trinajstić information content (AvgIpc) is 2.74. The maximum Gasteiger partial charge on any atom is 0.185 e. The SMILES string of the molecule is CC(C)COC(c1ccccc1)C(O[Si](C)(C)C)(c1ccccc1)c1ccccc1. The normalized spacial score (nSPS) is 13.4. The van der Waals surface area contributed by atoms with Crippen molar-refractivity contribution in [3.63, 3.8) is 0 Å². The first-order chi connectivity index (χ1) is 14.3. The van der Waals surface area contributed by atoms with Gasteiger partial charge in [-0.05, 0) is 42.2 Å². The molecule has 0 aliphatic heterocycles. The van der Waals surface area contributed by atoms with Crippen molar-refractivity contribution < 1.29 is 9.16 Å². The Morgan fingerprint density at radius 2 is 1.13 bits per heavy atom. The minimum absolute atomic E-state index is 0.266. The number of ether oxygens (including phenoxy) is 1. The predicted octanol–water partition coefficient (Wildman–Crippen LogP) is 7.20.